The molecule has 0 bridgehead atoms. The Hall–Kier alpha value is -2.92. The summed E-state index contributed by atoms with van der Waals surface area (Å²) in [4.78, 5) is 3.35. The number of aromatic nitrogens is 1. The van der Waals surface area contributed by atoms with Gasteiger partial charge in [0.15, 0.2) is 5.76 Å². The van der Waals surface area contributed by atoms with Crippen LogP contribution in [0.4, 0.5) is 0 Å². The summed E-state index contributed by atoms with van der Waals surface area (Å²) in [6.45, 7) is 0.882. The highest BCUT2D eigenvalue weighted by molar-refractivity contribution is 5.84. The topological polar surface area (TPSA) is 55.5 Å². The largest absolute Gasteiger partial charge is 0.497 e. The van der Waals surface area contributed by atoms with Gasteiger partial charge in [0.05, 0.1) is 13.2 Å². The fourth-order valence-electron chi connectivity index (χ4n) is 3.70. The summed E-state index contributed by atoms with van der Waals surface area (Å²) in [5, 5.41) is 4.88. The van der Waals surface area contributed by atoms with Crippen molar-refractivity contribution < 1.29 is 14.2 Å². The molecule has 0 saturated carbocycles. The van der Waals surface area contributed by atoms with Gasteiger partial charge in [0.2, 0.25) is 0 Å². The van der Waals surface area contributed by atoms with Crippen LogP contribution in [-0.4, -0.2) is 24.7 Å². The summed E-state index contributed by atoms with van der Waals surface area (Å²) in [7, 11) is 1.70. The first-order valence-electron chi connectivity index (χ1n) is 9.75. The van der Waals surface area contributed by atoms with Gasteiger partial charge >= 0.3 is 0 Å². The SMILES string of the molecule is COc1ccc2[nH]cc(CCCNC(C3=CC=CCC3)C3=COC=CO3)c2c1. The summed E-state index contributed by atoms with van der Waals surface area (Å²) in [5.74, 6) is 1.69. The van der Waals surface area contributed by atoms with E-state index in [4.69, 9.17) is 14.2 Å². The maximum Gasteiger partial charge on any atom is 0.159 e. The first-order chi connectivity index (χ1) is 13.8. The molecule has 4 rings (SSSR count). The molecule has 1 atom stereocenters. The van der Waals surface area contributed by atoms with E-state index in [1.807, 2.05) is 6.07 Å². The number of allylic oxidation sites excluding steroid dienone is 3. The molecule has 28 heavy (non-hydrogen) atoms. The maximum absolute atomic E-state index is 5.69. The molecule has 1 aromatic heterocycles. The Labute approximate surface area is 165 Å². The number of benzene rings is 1. The number of hydrogen-bond donors (Lipinski definition) is 2. The van der Waals surface area contributed by atoms with Crippen LogP contribution in [0.2, 0.25) is 0 Å². The Balaban J connectivity index is 1.39. The van der Waals surface area contributed by atoms with Gasteiger partial charge in [-0.05, 0) is 61.6 Å². The van der Waals surface area contributed by atoms with Crippen LogP contribution >= 0.6 is 0 Å². The van der Waals surface area contributed by atoms with Crippen LogP contribution in [0.15, 0.2) is 72.7 Å². The molecule has 0 amide bonds. The van der Waals surface area contributed by atoms with Crippen molar-refractivity contribution in [3.8, 4) is 5.75 Å². The van der Waals surface area contributed by atoms with E-state index in [2.05, 4.69) is 46.9 Å². The third-order valence-corrected chi connectivity index (χ3v) is 5.17. The molecule has 5 nitrogen and oxygen atoms in total. The van der Waals surface area contributed by atoms with Crippen molar-refractivity contribution in [1.29, 1.82) is 0 Å². The van der Waals surface area contributed by atoms with E-state index >= 15 is 0 Å². The van der Waals surface area contributed by atoms with Crippen LogP contribution in [0.5, 0.6) is 5.75 Å². The molecular formula is C23H26N2O3. The molecule has 146 valence electrons. The van der Waals surface area contributed by atoms with Crippen molar-refractivity contribution in [2.75, 3.05) is 13.7 Å². The van der Waals surface area contributed by atoms with E-state index in [9.17, 15) is 0 Å². The van der Waals surface area contributed by atoms with E-state index < -0.39 is 0 Å². The lowest BCUT2D eigenvalue weighted by Crippen LogP contribution is -2.35. The minimum atomic E-state index is 0.0398. The quantitative estimate of drug-likeness (QED) is 0.654. The Bertz CT molecular complexity index is 936. The fraction of sp³-hybridized carbons (Fsp3) is 0.304. The van der Waals surface area contributed by atoms with Crippen molar-refractivity contribution in [3.63, 3.8) is 0 Å². The van der Waals surface area contributed by atoms with Crippen LogP contribution in [0.3, 0.4) is 0 Å². The second-order valence-corrected chi connectivity index (χ2v) is 6.97. The molecule has 5 heteroatoms. The van der Waals surface area contributed by atoms with Crippen LogP contribution in [0.1, 0.15) is 24.8 Å². The Morgan fingerprint density at radius 2 is 2.25 bits per heavy atom. The molecule has 0 spiro atoms. The number of H-pyrrole nitrogens is 1. The van der Waals surface area contributed by atoms with Crippen LogP contribution < -0.4 is 10.1 Å². The van der Waals surface area contributed by atoms with Gasteiger partial charge in [0.25, 0.3) is 0 Å². The van der Waals surface area contributed by atoms with E-state index in [0.717, 1.165) is 49.3 Å². The molecule has 2 aromatic rings. The first kappa shape index (κ1) is 18.4. The molecule has 2 aliphatic rings. The molecule has 1 unspecified atom stereocenters. The Morgan fingerprint density at radius 1 is 1.29 bits per heavy atom. The smallest absolute Gasteiger partial charge is 0.159 e. The average molecular weight is 378 g/mol. The predicted octanol–water partition coefficient (Wildman–Crippen LogP) is 4.70. The summed E-state index contributed by atoms with van der Waals surface area (Å²) in [6, 6.07) is 6.18. The summed E-state index contributed by atoms with van der Waals surface area (Å²) < 4.78 is 16.4. The minimum absolute atomic E-state index is 0.0398. The lowest BCUT2D eigenvalue weighted by atomic mass is 9.96. The van der Waals surface area contributed by atoms with Gasteiger partial charge in [0.1, 0.15) is 24.5 Å². The normalized spacial score (nSPS) is 16.9. The van der Waals surface area contributed by atoms with Crippen molar-refractivity contribution in [3.05, 3.63) is 78.3 Å². The van der Waals surface area contributed by atoms with Crippen molar-refractivity contribution >= 4 is 10.9 Å². The van der Waals surface area contributed by atoms with Gasteiger partial charge in [-0.15, -0.1) is 0 Å². The molecule has 0 saturated heterocycles. The van der Waals surface area contributed by atoms with Crippen molar-refractivity contribution in [2.24, 2.45) is 0 Å². The third kappa shape index (κ3) is 4.15. The van der Waals surface area contributed by atoms with Gasteiger partial charge < -0.3 is 24.5 Å². The van der Waals surface area contributed by atoms with Crippen LogP contribution in [-0.2, 0) is 15.9 Å². The number of aryl methyl sites for hydroxylation is 1. The second-order valence-electron chi connectivity index (χ2n) is 6.97. The first-order valence-corrected chi connectivity index (χ1v) is 9.75. The van der Waals surface area contributed by atoms with Gasteiger partial charge in [-0.3, -0.25) is 0 Å². The van der Waals surface area contributed by atoms with Crippen LogP contribution in [0.25, 0.3) is 10.9 Å². The maximum atomic E-state index is 5.69. The van der Waals surface area contributed by atoms with Crippen molar-refractivity contribution in [2.45, 2.75) is 31.7 Å². The zero-order valence-corrected chi connectivity index (χ0v) is 16.1. The highest BCUT2D eigenvalue weighted by Gasteiger charge is 2.22. The highest BCUT2D eigenvalue weighted by Crippen LogP contribution is 2.25. The molecule has 0 radical (unpaired) electrons. The van der Waals surface area contributed by atoms with E-state index in [1.165, 1.54) is 16.5 Å². The number of ether oxygens (including phenoxy) is 3. The van der Waals surface area contributed by atoms with Crippen LogP contribution in [0, 0.1) is 0 Å². The van der Waals surface area contributed by atoms with E-state index in [0.29, 0.717) is 0 Å². The summed E-state index contributed by atoms with van der Waals surface area (Å²) >= 11 is 0. The minimum Gasteiger partial charge on any atom is -0.497 e. The number of hydrogen-bond acceptors (Lipinski definition) is 4. The van der Waals surface area contributed by atoms with Gasteiger partial charge in [-0.25, -0.2) is 0 Å². The number of aromatic amines is 1. The zero-order valence-electron chi connectivity index (χ0n) is 16.1. The standard InChI is InChI=1S/C23H26N2O3/c1-26-19-9-10-21-20(14-19)18(15-25-21)8-5-11-24-23(17-6-3-2-4-7-17)22-16-27-12-13-28-22/h2-3,6,9-10,12-16,23-25H,4-5,7-8,11H2,1H3. The molecule has 1 aromatic carbocycles. The predicted molar refractivity (Wildman–Crippen MR) is 111 cm³/mol. The molecule has 0 fully saturated rings. The second kappa shape index (κ2) is 8.85. The summed E-state index contributed by atoms with van der Waals surface area (Å²) in [6.07, 6.45) is 17.5. The lowest BCUT2D eigenvalue weighted by Gasteiger charge is -2.25. The number of methoxy groups -OCH3 is 1. The number of nitrogens with one attached hydrogen (secondary N) is 2. The third-order valence-electron chi connectivity index (χ3n) is 5.17. The molecule has 2 heterocycles. The van der Waals surface area contributed by atoms with Gasteiger partial charge in [-0.1, -0.05) is 18.2 Å². The Kier molecular flexibility index (Phi) is 5.83. The monoisotopic (exact) mass is 378 g/mol. The van der Waals surface area contributed by atoms with E-state index in [-0.39, 0.29) is 6.04 Å². The molecular weight excluding hydrogens is 352 g/mol. The van der Waals surface area contributed by atoms with Crippen molar-refractivity contribution in [1.82, 2.24) is 10.3 Å². The molecule has 2 N–H and O–H groups in total. The molecule has 1 aliphatic heterocycles. The number of fused-ring (bicyclic) bond motifs is 1. The Morgan fingerprint density at radius 3 is 3.04 bits per heavy atom. The van der Waals surface area contributed by atoms with Gasteiger partial charge in [0, 0.05) is 17.1 Å². The summed E-state index contributed by atoms with van der Waals surface area (Å²) in [5.41, 5.74) is 3.78. The lowest BCUT2D eigenvalue weighted by molar-refractivity contribution is 0.233. The highest BCUT2D eigenvalue weighted by atomic mass is 16.5. The van der Waals surface area contributed by atoms with E-state index in [1.54, 1.807) is 25.9 Å². The fourth-order valence-corrected chi connectivity index (χ4v) is 3.70. The number of rotatable bonds is 8. The molecule has 1 aliphatic carbocycles. The average Bonchev–Trinajstić information content (AvgIpc) is 3.17. The van der Waals surface area contributed by atoms with Gasteiger partial charge in [-0.2, -0.15) is 0 Å². The zero-order chi connectivity index (χ0) is 19.2.